The minimum Gasteiger partial charge on any atom is -0.468 e. The molecule has 9 nitrogen and oxygen atoms in total. The van der Waals surface area contributed by atoms with Crippen molar-refractivity contribution in [2.75, 3.05) is 21.3 Å². The molecule has 0 saturated heterocycles. The molecule has 126 valence electrons. The summed E-state index contributed by atoms with van der Waals surface area (Å²) in [5.41, 5.74) is -2.13. The number of rotatable bonds is 4. The molecule has 1 aliphatic carbocycles. The normalized spacial score (nSPS) is 31.5. The van der Waals surface area contributed by atoms with Gasteiger partial charge in [-0.1, -0.05) is 0 Å². The molecule has 1 rings (SSSR count). The molecule has 0 heterocycles. The van der Waals surface area contributed by atoms with Crippen molar-refractivity contribution in [2.45, 2.75) is 30.7 Å². The van der Waals surface area contributed by atoms with Crippen molar-refractivity contribution in [3.63, 3.8) is 0 Å². The number of hydrogen-bond acceptors (Lipinski definition) is 9. The minimum absolute atomic E-state index is 0.466. The van der Waals surface area contributed by atoms with Crippen molar-refractivity contribution in [1.29, 1.82) is 0 Å². The van der Waals surface area contributed by atoms with E-state index in [0.29, 0.717) is 0 Å². The lowest BCUT2D eigenvalue weighted by Gasteiger charge is -2.42. The average Bonchev–Trinajstić information content (AvgIpc) is 2.50. The number of hydrogen-bond donors (Lipinski definition) is 3. The van der Waals surface area contributed by atoms with Crippen molar-refractivity contribution in [2.24, 2.45) is 11.8 Å². The number of carbonyl (C=O) groups is 3. The third-order valence-corrected chi connectivity index (χ3v) is 3.86. The van der Waals surface area contributed by atoms with Crippen LogP contribution in [0.2, 0.25) is 0 Å². The minimum atomic E-state index is -2.13. The van der Waals surface area contributed by atoms with Crippen molar-refractivity contribution in [3.05, 3.63) is 0 Å². The van der Waals surface area contributed by atoms with Gasteiger partial charge < -0.3 is 29.5 Å². The molecule has 0 aromatic heterocycles. The third-order valence-electron chi connectivity index (χ3n) is 3.86. The predicted molar refractivity (Wildman–Crippen MR) is 69.2 cm³/mol. The molecule has 0 aromatic carbocycles. The Morgan fingerprint density at radius 1 is 1.00 bits per heavy atom. The van der Waals surface area contributed by atoms with Gasteiger partial charge in [0.25, 0.3) is 0 Å². The van der Waals surface area contributed by atoms with Gasteiger partial charge in [-0.2, -0.15) is 0 Å². The van der Waals surface area contributed by atoms with Gasteiger partial charge in [0.1, 0.15) is 0 Å². The van der Waals surface area contributed by atoms with Gasteiger partial charge in [-0.25, -0.2) is 4.79 Å². The van der Waals surface area contributed by atoms with E-state index in [0.717, 1.165) is 21.3 Å². The molecule has 0 radical (unpaired) electrons. The SMILES string of the molecule is COC(=O)C(C(=O)OC)[C@H]1C[C@@](O)(C(=O)OC)C[C@@H](O)[C@@H]1O. The van der Waals surface area contributed by atoms with Crippen LogP contribution in [0.5, 0.6) is 0 Å². The maximum absolute atomic E-state index is 11.8. The first-order valence-electron chi connectivity index (χ1n) is 6.54. The Labute approximate surface area is 126 Å². The van der Waals surface area contributed by atoms with E-state index in [1.165, 1.54) is 0 Å². The van der Waals surface area contributed by atoms with Crippen LogP contribution in [0.15, 0.2) is 0 Å². The second-order valence-corrected chi connectivity index (χ2v) is 5.18. The first-order valence-corrected chi connectivity index (χ1v) is 6.54. The molecule has 3 N–H and O–H groups in total. The lowest BCUT2D eigenvalue weighted by atomic mass is 9.69. The van der Waals surface area contributed by atoms with Crippen LogP contribution in [0.4, 0.5) is 0 Å². The molecule has 1 fully saturated rings. The maximum Gasteiger partial charge on any atom is 0.337 e. The fraction of sp³-hybridized carbons (Fsp3) is 0.769. The Morgan fingerprint density at radius 3 is 1.91 bits per heavy atom. The highest BCUT2D eigenvalue weighted by Crippen LogP contribution is 2.38. The Kier molecular flexibility index (Phi) is 5.86. The first kappa shape index (κ1) is 18.3. The zero-order valence-corrected chi connectivity index (χ0v) is 12.5. The largest absolute Gasteiger partial charge is 0.468 e. The van der Waals surface area contributed by atoms with Gasteiger partial charge in [-0.15, -0.1) is 0 Å². The van der Waals surface area contributed by atoms with Crippen LogP contribution < -0.4 is 0 Å². The van der Waals surface area contributed by atoms with Crippen LogP contribution in [-0.2, 0) is 28.6 Å². The smallest absolute Gasteiger partial charge is 0.337 e. The highest BCUT2D eigenvalue weighted by molar-refractivity contribution is 5.95. The zero-order chi connectivity index (χ0) is 17.1. The molecule has 4 atom stereocenters. The second kappa shape index (κ2) is 7.03. The summed E-state index contributed by atoms with van der Waals surface area (Å²) in [4.78, 5) is 35.3. The zero-order valence-electron chi connectivity index (χ0n) is 12.5. The number of aliphatic hydroxyl groups is 3. The van der Waals surface area contributed by atoms with E-state index in [1.54, 1.807) is 0 Å². The molecule has 0 bridgehead atoms. The summed E-state index contributed by atoms with van der Waals surface area (Å²) in [5.74, 6) is -5.89. The van der Waals surface area contributed by atoms with E-state index < -0.39 is 60.4 Å². The summed E-state index contributed by atoms with van der Waals surface area (Å²) in [7, 11) is 3.12. The molecule has 9 heteroatoms. The number of carbonyl (C=O) groups excluding carboxylic acids is 3. The molecule has 0 aromatic rings. The average molecular weight is 320 g/mol. The molecular weight excluding hydrogens is 300 g/mol. The first-order chi connectivity index (χ1) is 10.2. The van der Waals surface area contributed by atoms with Crippen LogP contribution in [0, 0.1) is 11.8 Å². The number of aliphatic hydroxyl groups excluding tert-OH is 2. The molecule has 1 aliphatic rings. The highest BCUT2D eigenvalue weighted by Gasteiger charge is 2.54. The van der Waals surface area contributed by atoms with Crippen LogP contribution in [-0.4, -0.2) is 72.4 Å². The molecule has 0 amide bonds. The van der Waals surface area contributed by atoms with E-state index in [1.807, 2.05) is 0 Å². The Bertz CT molecular complexity index is 433. The van der Waals surface area contributed by atoms with E-state index >= 15 is 0 Å². The number of methoxy groups -OCH3 is 3. The van der Waals surface area contributed by atoms with Crippen LogP contribution in [0.3, 0.4) is 0 Å². The summed E-state index contributed by atoms with van der Waals surface area (Å²) >= 11 is 0. The number of ether oxygens (including phenoxy) is 3. The van der Waals surface area contributed by atoms with Crippen molar-refractivity contribution in [1.82, 2.24) is 0 Å². The Balaban J connectivity index is 3.19. The lowest BCUT2D eigenvalue weighted by Crippen LogP contribution is -2.57. The topological polar surface area (TPSA) is 140 Å². The molecule has 0 spiro atoms. The van der Waals surface area contributed by atoms with Gasteiger partial charge in [0.05, 0.1) is 33.5 Å². The van der Waals surface area contributed by atoms with Crippen molar-refractivity contribution in [3.8, 4) is 0 Å². The Morgan fingerprint density at radius 2 is 1.50 bits per heavy atom. The van der Waals surface area contributed by atoms with Crippen molar-refractivity contribution < 1.29 is 43.9 Å². The molecule has 22 heavy (non-hydrogen) atoms. The van der Waals surface area contributed by atoms with Crippen LogP contribution in [0.1, 0.15) is 12.8 Å². The number of esters is 3. The summed E-state index contributed by atoms with van der Waals surface area (Å²) in [6, 6.07) is 0. The predicted octanol–water partition coefficient (Wildman–Crippen LogP) is -2.02. The standard InChI is InChI=1S/C13H20O9/c1-20-10(16)8(11(17)21-2)6-4-13(19,12(18)22-3)5-7(14)9(6)15/h6-9,14-15,19H,4-5H2,1-3H3/t6-,7-,9-,13+/m1/s1. The molecular formula is C13H20O9. The monoisotopic (exact) mass is 320 g/mol. The van der Waals surface area contributed by atoms with Gasteiger partial charge in [-0.3, -0.25) is 9.59 Å². The van der Waals surface area contributed by atoms with Gasteiger partial charge in [-0.05, 0) is 6.42 Å². The molecule has 1 saturated carbocycles. The summed E-state index contributed by atoms with van der Waals surface area (Å²) in [6.45, 7) is 0. The second-order valence-electron chi connectivity index (χ2n) is 5.18. The van der Waals surface area contributed by atoms with E-state index in [-0.39, 0.29) is 0 Å². The van der Waals surface area contributed by atoms with Gasteiger partial charge >= 0.3 is 17.9 Å². The third kappa shape index (κ3) is 3.37. The molecule has 0 aliphatic heterocycles. The van der Waals surface area contributed by atoms with Crippen LogP contribution >= 0.6 is 0 Å². The highest BCUT2D eigenvalue weighted by atomic mass is 16.5. The summed E-state index contributed by atoms with van der Waals surface area (Å²) in [5, 5.41) is 30.2. The maximum atomic E-state index is 11.8. The fourth-order valence-corrected chi connectivity index (χ4v) is 2.72. The van der Waals surface area contributed by atoms with E-state index in [4.69, 9.17) is 0 Å². The summed E-state index contributed by atoms with van der Waals surface area (Å²) < 4.78 is 13.5. The van der Waals surface area contributed by atoms with Crippen molar-refractivity contribution >= 4 is 17.9 Å². The Hall–Kier alpha value is -1.71. The summed E-state index contributed by atoms with van der Waals surface area (Å²) in [6.07, 6.45) is -3.99. The van der Waals surface area contributed by atoms with Gasteiger partial charge in [0.2, 0.25) is 0 Å². The molecule has 0 unspecified atom stereocenters. The van der Waals surface area contributed by atoms with Crippen LogP contribution in [0.25, 0.3) is 0 Å². The van der Waals surface area contributed by atoms with Gasteiger partial charge in [0.15, 0.2) is 11.5 Å². The fourth-order valence-electron chi connectivity index (χ4n) is 2.72. The van der Waals surface area contributed by atoms with E-state index in [2.05, 4.69) is 14.2 Å². The van der Waals surface area contributed by atoms with E-state index in [9.17, 15) is 29.7 Å². The lowest BCUT2D eigenvalue weighted by molar-refractivity contribution is -0.192. The quantitative estimate of drug-likeness (QED) is 0.304. The van der Waals surface area contributed by atoms with Gasteiger partial charge in [0, 0.05) is 12.3 Å².